The monoisotopic (exact) mass is 392 g/mol. The van der Waals surface area contributed by atoms with Crippen molar-refractivity contribution in [3.8, 4) is 22.8 Å². The summed E-state index contributed by atoms with van der Waals surface area (Å²) in [6.07, 6.45) is 3.23. The van der Waals surface area contributed by atoms with Crippen molar-refractivity contribution < 1.29 is 14.2 Å². The van der Waals surface area contributed by atoms with Crippen LogP contribution < -0.4 is 19.9 Å². The second kappa shape index (κ2) is 7.21. The predicted molar refractivity (Wildman–Crippen MR) is 106 cm³/mol. The lowest BCUT2D eigenvalue weighted by atomic mass is 10.1. The van der Waals surface area contributed by atoms with E-state index in [9.17, 15) is 4.79 Å². The van der Waals surface area contributed by atoms with Gasteiger partial charge in [0.25, 0.3) is 5.56 Å². The predicted octanol–water partition coefficient (Wildman–Crippen LogP) is 2.15. The molecule has 0 bridgehead atoms. The third-order valence-electron chi connectivity index (χ3n) is 5.21. The first kappa shape index (κ1) is 17.7. The Morgan fingerprint density at radius 2 is 1.90 bits per heavy atom. The highest BCUT2D eigenvalue weighted by molar-refractivity contribution is 5.59. The number of morpholine rings is 1. The van der Waals surface area contributed by atoms with Crippen molar-refractivity contribution in [2.75, 3.05) is 31.4 Å². The van der Waals surface area contributed by atoms with Gasteiger partial charge in [-0.2, -0.15) is 0 Å². The fourth-order valence-corrected chi connectivity index (χ4v) is 3.63. The molecule has 1 saturated heterocycles. The minimum absolute atomic E-state index is 0.104. The molecule has 1 unspecified atom stereocenters. The zero-order chi connectivity index (χ0) is 19.8. The number of hydrogen-bond donors (Lipinski definition) is 0. The summed E-state index contributed by atoms with van der Waals surface area (Å²) in [5, 5.41) is 0. The second-order valence-electron chi connectivity index (χ2n) is 6.99. The van der Waals surface area contributed by atoms with Crippen molar-refractivity contribution in [1.82, 2.24) is 14.5 Å². The van der Waals surface area contributed by atoms with Crippen LogP contribution in [0.1, 0.15) is 11.7 Å². The molecule has 1 fully saturated rings. The van der Waals surface area contributed by atoms with Crippen molar-refractivity contribution in [3.05, 3.63) is 64.7 Å². The Hall–Kier alpha value is -3.39. The Bertz CT molecular complexity index is 1100. The van der Waals surface area contributed by atoms with Crippen LogP contribution in [0.4, 0.5) is 5.95 Å². The third-order valence-corrected chi connectivity index (χ3v) is 5.21. The molecule has 3 aromatic rings. The van der Waals surface area contributed by atoms with Gasteiger partial charge in [0.05, 0.1) is 18.8 Å². The molecular formula is C21H20N4O4. The number of ether oxygens (including phenoxy) is 3. The minimum Gasteiger partial charge on any atom is -0.454 e. The lowest BCUT2D eigenvalue weighted by Gasteiger charge is -2.34. The molecule has 148 valence electrons. The summed E-state index contributed by atoms with van der Waals surface area (Å²) in [6, 6.07) is 11.1. The summed E-state index contributed by atoms with van der Waals surface area (Å²) in [6.45, 7) is 2.01. The molecular weight excluding hydrogens is 372 g/mol. The van der Waals surface area contributed by atoms with Crippen molar-refractivity contribution in [2.24, 2.45) is 7.05 Å². The Morgan fingerprint density at radius 1 is 1.07 bits per heavy atom. The van der Waals surface area contributed by atoms with Crippen LogP contribution in [0.5, 0.6) is 11.5 Å². The van der Waals surface area contributed by atoms with Gasteiger partial charge >= 0.3 is 0 Å². The van der Waals surface area contributed by atoms with Crippen LogP contribution in [-0.2, 0) is 11.8 Å². The molecule has 0 amide bonds. The molecule has 8 heteroatoms. The second-order valence-corrected chi connectivity index (χ2v) is 6.99. The topological polar surface area (TPSA) is 78.7 Å². The largest absolute Gasteiger partial charge is 0.454 e. The Balaban J connectivity index is 1.46. The van der Waals surface area contributed by atoms with Crippen LogP contribution in [0.3, 0.4) is 0 Å². The summed E-state index contributed by atoms with van der Waals surface area (Å²) in [5.74, 6) is 2.10. The summed E-state index contributed by atoms with van der Waals surface area (Å²) in [4.78, 5) is 23.5. The lowest BCUT2D eigenvalue weighted by Crippen LogP contribution is -2.41. The van der Waals surface area contributed by atoms with E-state index in [-0.39, 0.29) is 18.5 Å². The maximum Gasteiger partial charge on any atom is 0.255 e. The number of aromatic nitrogens is 3. The normalized spacial score (nSPS) is 18.1. The van der Waals surface area contributed by atoms with Crippen LogP contribution in [0.2, 0.25) is 0 Å². The van der Waals surface area contributed by atoms with E-state index >= 15 is 0 Å². The Morgan fingerprint density at radius 3 is 2.76 bits per heavy atom. The minimum atomic E-state index is -0.153. The van der Waals surface area contributed by atoms with Gasteiger partial charge in [-0.25, -0.2) is 4.98 Å². The number of fused-ring (bicyclic) bond motifs is 1. The zero-order valence-electron chi connectivity index (χ0n) is 15.9. The van der Waals surface area contributed by atoms with Crippen LogP contribution in [0, 0.1) is 0 Å². The summed E-state index contributed by atoms with van der Waals surface area (Å²) in [7, 11) is 1.74. The molecule has 29 heavy (non-hydrogen) atoms. The van der Waals surface area contributed by atoms with Crippen LogP contribution in [0.15, 0.2) is 53.6 Å². The number of nitrogens with zero attached hydrogens (tertiary/aromatic N) is 4. The average molecular weight is 392 g/mol. The van der Waals surface area contributed by atoms with Crippen LogP contribution >= 0.6 is 0 Å². The van der Waals surface area contributed by atoms with Crippen LogP contribution in [-0.4, -0.2) is 41.0 Å². The molecule has 0 aliphatic carbocycles. The molecule has 5 rings (SSSR count). The zero-order valence-corrected chi connectivity index (χ0v) is 15.9. The van der Waals surface area contributed by atoms with E-state index < -0.39 is 0 Å². The van der Waals surface area contributed by atoms with Crippen molar-refractivity contribution in [3.63, 3.8) is 0 Å². The number of rotatable bonds is 3. The maximum atomic E-state index is 12.6. The van der Waals surface area contributed by atoms with Gasteiger partial charge in [0.1, 0.15) is 6.10 Å². The smallest absolute Gasteiger partial charge is 0.255 e. The quantitative estimate of drug-likeness (QED) is 0.676. The molecule has 2 aliphatic heterocycles. The first-order valence-corrected chi connectivity index (χ1v) is 9.43. The van der Waals surface area contributed by atoms with E-state index in [1.807, 2.05) is 30.3 Å². The van der Waals surface area contributed by atoms with Crippen molar-refractivity contribution >= 4 is 5.95 Å². The van der Waals surface area contributed by atoms with Gasteiger partial charge in [-0.15, -0.1) is 0 Å². The molecule has 0 spiro atoms. The van der Waals surface area contributed by atoms with E-state index in [1.165, 1.54) is 0 Å². The fraction of sp³-hybridized carbons (Fsp3) is 0.286. The third kappa shape index (κ3) is 3.31. The molecule has 8 nitrogen and oxygen atoms in total. The van der Waals surface area contributed by atoms with Gasteiger partial charge in [-0.3, -0.25) is 14.3 Å². The van der Waals surface area contributed by atoms with Gasteiger partial charge in [0, 0.05) is 37.6 Å². The van der Waals surface area contributed by atoms with E-state index in [0.717, 1.165) is 22.6 Å². The number of pyridine rings is 1. The van der Waals surface area contributed by atoms with Crippen molar-refractivity contribution in [1.29, 1.82) is 0 Å². The molecule has 4 heterocycles. The van der Waals surface area contributed by atoms with Crippen molar-refractivity contribution in [2.45, 2.75) is 6.10 Å². The standard InChI is InChI=1S/C21H20N4O4/c1-24-20(26)11-16(14-4-6-22-7-5-14)23-21(24)25-8-9-27-19(12-25)15-2-3-17-18(10-15)29-13-28-17/h2-7,10-11,19H,8-9,12-13H2,1H3. The Kier molecular flexibility index (Phi) is 4.40. The van der Waals surface area contributed by atoms with Gasteiger partial charge in [0.15, 0.2) is 11.5 Å². The van der Waals surface area contributed by atoms with E-state index in [1.54, 1.807) is 30.1 Å². The summed E-state index contributed by atoms with van der Waals surface area (Å²) in [5.41, 5.74) is 2.40. The SMILES string of the molecule is Cn1c(N2CCOC(c3ccc4c(c3)OCO4)C2)nc(-c2ccncc2)cc1=O. The average Bonchev–Trinajstić information content (AvgIpc) is 3.24. The fourth-order valence-electron chi connectivity index (χ4n) is 3.63. The lowest BCUT2D eigenvalue weighted by molar-refractivity contribution is 0.0388. The van der Waals surface area contributed by atoms with E-state index in [0.29, 0.717) is 31.3 Å². The first-order valence-electron chi connectivity index (χ1n) is 9.43. The number of benzene rings is 1. The highest BCUT2D eigenvalue weighted by Crippen LogP contribution is 2.36. The van der Waals surface area contributed by atoms with E-state index in [4.69, 9.17) is 19.2 Å². The molecule has 2 aliphatic rings. The molecule has 0 N–H and O–H groups in total. The van der Waals surface area contributed by atoms with Gasteiger partial charge < -0.3 is 19.1 Å². The highest BCUT2D eigenvalue weighted by atomic mass is 16.7. The maximum absolute atomic E-state index is 12.6. The molecule has 0 saturated carbocycles. The highest BCUT2D eigenvalue weighted by Gasteiger charge is 2.26. The molecule has 1 atom stereocenters. The molecule has 0 radical (unpaired) electrons. The van der Waals surface area contributed by atoms with Crippen LogP contribution in [0.25, 0.3) is 11.3 Å². The Labute approximate surface area is 167 Å². The van der Waals surface area contributed by atoms with E-state index in [2.05, 4.69) is 9.88 Å². The number of hydrogen-bond acceptors (Lipinski definition) is 7. The first-order chi connectivity index (χ1) is 14.2. The summed E-state index contributed by atoms with van der Waals surface area (Å²) >= 11 is 0. The molecule has 1 aromatic carbocycles. The molecule has 2 aromatic heterocycles. The van der Waals surface area contributed by atoms with Gasteiger partial charge in [-0.05, 0) is 29.8 Å². The number of anilines is 1. The van der Waals surface area contributed by atoms with Gasteiger partial charge in [-0.1, -0.05) is 6.07 Å². The summed E-state index contributed by atoms with van der Waals surface area (Å²) < 4.78 is 18.5. The van der Waals surface area contributed by atoms with Gasteiger partial charge in [0.2, 0.25) is 12.7 Å².